The Bertz CT molecular complexity index is 1170. The topological polar surface area (TPSA) is 33.1 Å². The molecule has 0 amide bonds. The van der Waals surface area contributed by atoms with Gasteiger partial charge in [0.15, 0.2) is 0 Å². The van der Waals surface area contributed by atoms with E-state index in [9.17, 15) is 31.4 Å². The lowest BCUT2D eigenvalue weighted by Gasteiger charge is -2.15. The van der Waals surface area contributed by atoms with Crippen molar-refractivity contribution in [2.24, 2.45) is 0 Å². The van der Waals surface area contributed by atoms with Crippen LogP contribution in [0.15, 0.2) is 54.7 Å². The maximum absolute atomic E-state index is 13.2. The van der Waals surface area contributed by atoms with E-state index < -0.39 is 30.1 Å². The fourth-order valence-corrected chi connectivity index (χ4v) is 4.73. The van der Waals surface area contributed by atoms with E-state index in [4.69, 9.17) is 0 Å². The van der Waals surface area contributed by atoms with Gasteiger partial charge in [0.05, 0.1) is 23.4 Å². The summed E-state index contributed by atoms with van der Waals surface area (Å²) in [5, 5.41) is 9.33. The molecule has 1 aliphatic carbocycles. The second-order valence-corrected chi connectivity index (χ2v) is 8.67. The number of benzene rings is 2. The van der Waals surface area contributed by atoms with E-state index in [1.165, 1.54) is 12.3 Å². The zero-order chi connectivity index (χ0) is 24.5. The lowest BCUT2D eigenvalue weighted by molar-refractivity contribution is -0.139. The van der Waals surface area contributed by atoms with Crippen molar-refractivity contribution in [3.05, 3.63) is 99.4 Å². The summed E-state index contributed by atoms with van der Waals surface area (Å²) in [7, 11) is 0. The highest BCUT2D eigenvalue weighted by atomic mass is 19.4. The molecule has 34 heavy (non-hydrogen) atoms. The van der Waals surface area contributed by atoms with Crippen LogP contribution in [0.1, 0.15) is 63.4 Å². The van der Waals surface area contributed by atoms with E-state index in [2.05, 4.69) is 4.98 Å². The highest BCUT2D eigenvalue weighted by Gasteiger charge is 2.34. The first kappa shape index (κ1) is 24.3. The van der Waals surface area contributed by atoms with Gasteiger partial charge in [-0.05, 0) is 90.1 Å². The number of rotatable bonds is 6. The van der Waals surface area contributed by atoms with Crippen LogP contribution in [0.5, 0.6) is 0 Å². The average Bonchev–Trinajstić information content (AvgIpc) is 3.18. The smallest absolute Gasteiger partial charge is 0.392 e. The molecule has 1 unspecified atom stereocenters. The Balaban J connectivity index is 1.49. The van der Waals surface area contributed by atoms with Crippen molar-refractivity contribution in [2.45, 2.75) is 57.0 Å². The first-order valence-corrected chi connectivity index (χ1v) is 11.0. The van der Waals surface area contributed by atoms with Gasteiger partial charge in [-0.2, -0.15) is 26.3 Å². The minimum absolute atomic E-state index is 0.0457. The first-order valence-electron chi connectivity index (χ1n) is 11.0. The molecule has 1 N–H and O–H groups in total. The number of fused-ring (bicyclic) bond motifs is 1. The maximum Gasteiger partial charge on any atom is 0.418 e. The highest BCUT2D eigenvalue weighted by molar-refractivity contribution is 5.41. The van der Waals surface area contributed by atoms with Crippen LogP contribution in [0.2, 0.25) is 0 Å². The Morgan fingerprint density at radius 2 is 1.65 bits per heavy atom. The van der Waals surface area contributed by atoms with Gasteiger partial charge in [-0.3, -0.25) is 4.98 Å². The standard InChI is InChI=1S/C26H23F6NO/c27-25(28,29)21-13-17(11-18(14-21)15-34)10-16-3-7-22-19(4-5-20(22)12-16)6-8-24-23(26(30,31)32)2-1-9-33-24/h1-3,7,9,11-14,19,34H,4-6,8,10,15H2. The number of aliphatic hydroxyl groups is 1. The number of aromatic nitrogens is 1. The summed E-state index contributed by atoms with van der Waals surface area (Å²) in [4.78, 5) is 3.94. The Morgan fingerprint density at radius 1 is 0.882 bits per heavy atom. The summed E-state index contributed by atoms with van der Waals surface area (Å²) in [5.41, 5.74) is 2.23. The van der Waals surface area contributed by atoms with E-state index in [-0.39, 0.29) is 30.0 Å². The molecule has 2 aromatic carbocycles. The third-order valence-electron chi connectivity index (χ3n) is 6.31. The van der Waals surface area contributed by atoms with Gasteiger partial charge in [-0.25, -0.2) is 0 Å². The molecule has 2 nitrogen and oxygen atoms in total. The van der Waals surface area contributed by atoms with Crippen molar-refractivity contribution in [3.8, 4) is 0 Å². The van der Waals surface area contributed by atoms with Crippen LogP contribution in [0.3, 0.4) is 0 Å². The number of halogens is 6. The Morgan fingerprint density at radius 3 is 2.35 bits per heavy atom. The number of nitrogens with zero attached hydrogens (tertiary/aromatic N) is 1. The van der Waals surface area contributed by atoms with Gasteiger partial charge in [-0.1, -0.05) is 24.3 Å². The van der Waals surface area contributed by atoms with E-state index in [1.54, 1.807) is 6.07 Å². The second-order valence-electron chi connectivity index (χ2n) is 8.67. The average molecular weight is 479 g/mol. The molecule has 0 bridgehead atoms. The monoisotopic (exact) mass is 479 g/mol. The maximum atomic E-state index is 13.2. The molecule has 1 atom stereocenters. The van der Waals surface area contributed by atoms with Gasteiger partial charge in [0, 0.05) is 6.20 Å². The molecule has 0 spiro atoms. The van der Waals surface area contributed by atoms with Gasteiger partial charge in [0.1, 0.15) is 0 Å². The van der Waals surface area contributed by atoms with Gasteiger partial charge in [-0.15, -0.1) is 0 Å². The number of hydrogen-bond donors (Lipinski definition) is 1. The molecule has 1 aliphatic rings. The van der Waals surface area contributed by atoms with E-state index in [0.717, 1.165) is 47.7 Å². The summed E-state index contributed by atoms with van der Waals surface area (Å²) in [6, 6.07) is 11.7. The van der Waals surface area contributed by atoms with Crippen LogP contribution in [0.25, 0.3) is 0 Å². The molecular formula is C26H23F6NO. The fourth-order valence-electron chi connectivity index (χ4n) is 4.73. The third-order valence-corrected chi connectivity index (χ3v) is 6.31. The fraction of sp³-hybridized carbons (Fsp3) is 0.346. The van der Waals surface area contributed by atoms with E-state index >= 15 is 0 Å². The van der Waals surface area contributed by atoms with Crippen molar-refractivity contribution in [1.82, 2.24) is 4.98 Å². The van der Waals surface area contributed by atoms with Crippen molar-refractivity contribution >= 4 is 0 Å². The molecule has 0 fully saturated rings. The molecule has 0 saturated carbocycles. The van der Waals surface area contributed by atoms with Crippen LogP contribution >= 0.6 is 0 Å². The number of alkyl halides is 6. The predicted molar refractivity (Wildman–Crippen MR) is 115 cm³/mol. The summed E-state index contributed by atoms with van der Waals surface area (Å²) in [6.07, 6.45) is -4.93. The Kier molecular flexibility index (Phi) is 6.71. The van der Waals surface area contributed by atoms with Gasteiger partial charge in [0.2, 0.25) is 0 Å². The zero-order valence-corrected chi connectivity index (χ0v) is 18.2. The summed E-state index contributed by atoms with van der Waals surface area (Å²) >= 11 is 0. The molecule has 1 aromatic heterocycles. The third kappa shape index (κ3) is 5.43. The lowest BCUT2D eigenvalue weighted by atomic mass is 9.92. The van der Waals surface area contributed by atoms with Crippen LogP contribution in [-0.2, 0) is 38.2 Å². The minimum atomic E-state index is -4.50. The number of pyridine rings is 1. The highest BCUT2D eigenvalue weighted by Crippen LogP contribution is 2.39. The van der Waals surface area contributed by atoms with E-state index in [0.29, 0.717) is 12.0 Å². The van der Waals surface area contributed by atoms with Crippen molar-refractivity contribution < 1.29 is 31.4 Å². The lowest BCUT2D eigenvalue weighted by Crippen LogP contribution is -2.11. The molecule has 1 heterocycles. The summed E-state index contributed by atoms with van der Waals surface area (Å²) in [6.45, 7) is -0.477. The van der Waals surface area contributed by atoms with Crippen LogP contribution in [0, 0.1) is 0 Å². The van der Waals surface area contributed by atoms with Gasteiger partial charge >= 0.3 is 12.4 Å². The summed E-state index contributed by atoms with van der Waals surface area (Å²) in [5.74, 6) is 0.113. The van der Waals surface area contributed by atoms with Crippen molar-refractivity contribution in [1.29, 1.82) is 0 Å². The Hall–Kier alpha value is -2.87. The molecule has 180 valence electrons. The quantitative estimate of drug-likeness (QED) is 0.392. The number of hydrogen-bond acceptors (Lipinski definition) is 2. The Labute approximate surface area is 193 Å². The predicted octanol–water partition coefficient (Wildman–Crippen LogP) is 6.86. The van der Waals surface area contributed by atoms with Gasteiger partial charge in [0.25, 0.3) is 0 Å². The van der Waals surface area contributed by atoms with Crippen LogP contribution in [-0.4, -0.2) is 10.1 Å². The largest absolute Gasteiger partial charge is 0.418 e. The van der Waals surface area contributed by atoms with E-state index in [1.807, 2.05) is 18.2 Å². The minimum Gasteiger partial charge on any atom is -0.392 e. The van der Waals surface area contributed by atoms with Crippen molar-refractivity contribution in [2.75, 3.05) is 0 Å². The van der Waals surface area contributed by atoms with Crippen LogP contribution in [0.4, 0.5) is 26.3 Å². The molecular weight excluding hydrogens is 456 g/mol. The number of aryl methyl sites for hydroxylation is 2. The van der Waals surface area contributed by atoms with Crippen LogP contribution < -0.4 is 0 Å². The molecule has 0 aliphatic heterocycles. The summed E-state index contributed by atoms with van der Waals surface area (Å²) < 4.78 is 79.2. The molecule has 0 saturated heterocycles. The SMILES string of the molecule is OCc1cc(Cc2ccc3c(c2)CCC3CCc2ncccc2C(F)(F)F)cc(C(F)(F)F)c1. The zero-order valence-electron chi connectivity index (χ0n) is 18.2. The molecule has 3 aromatic rings. The second kappa shape index (κ2) is 9.41. The molecule has 0 radical (unpaired) electrons. The number of aliphatic hydroxyl groups excluding tert-OH is 1. The first-order chi connectivity index (χ1) is 16.0. The molecule has 4 rings (SSSR count). The molecule has 8 heteroatoms. The van der Waals surface area contributed by atoms with Crippen molar-refractivity contribution in [3.63, 3.8) is 0 Å². The normalized spacial score (nSPS) is 16.0. The van der Waals surface area contributed by atoms with Gasteiger partial charge < -0.3 is 5.11 Å².